The molecule has 0 saturated carbocycles. The number of rotatable bonds is 7. The highest BCUT2D eigenvalue weighted by molar-refractivity contribution is 6.15. The Morgan fingerprint density at radius 2 is 1.55 bits per heavy atom. The Morgan fingerprint density at radius 1 is 0.931 bits per heavy atom. The summed E-state index contributed by atoms with van der Waals surface area (Å²) in [4.78, 5) is 12.7. The van der Waals surface area contributed by atoms with E-state index in [-0.39, 0.29) is 17.4 Å². The van der Waals surface area contributed by atoms with Gasteiger partial charge >= 0.3 is 0 Å². The van der Waals surface area contributed by atoms with E-state index < -0.39 is 0 Å². The Bertz CT molecular complexity index is 1040. The van der Waals surface area contributed by atoms with Crippen LogP contribution in [0, 0.1) is 5.41 Å². The number of aromatic hydroxyl groups is 1. The lowest BCUT2D eigenvalue weighted by Gasteiger charge is -2.11. The number of hydrogen-bond acceptors (Lipinski definition) is 4. The Morgan fingerprint density at radius 3 is 2.28 bits per heavy atom. The summed E-state index contributed by atoms with van der Waals surface area (Å²) in [6, 6.07) is 23.4. The first-order valence-electron chi connectivity index (χ1n) is 9.32. The maximum absolute atomic E-state index is 12.7. The number of carbonyl (C=O) groups is 1. The minimum absolute atomic E-state index is 0.165. The third-order valence-electron chi connectivity index (χ3n) is 4.54. The summed E-state index contributed by atoms with van der Waals surface area (Å²) in [5.41, 5.74) is 9.25. The van der Waals surface area contributed by atoms with E-state index in [1.807, 2.05) is 42.5 Å². The predicted molar refractivity (Wildman–Crippen MR) is 116 cm³/mol. The summed E-state index contributed by atoms with van der Waals surface area (Å²) < 4.78 is 0. The summed E-state index contributed by atoms with van der Waals surface area (Å²) in [7, 11) is 0. The quantitative estimate of drug-likeness (QED) is 0.466. The number of nitrogens with two attached hydrogens (primary N) is 1. The van der Waals surface area contributed by atoms with Gasteiger partial charge in [-0.1, -0.05) is 66.7 Å². The largest absolute Gasteiger partial charge is 0.508 e. The molecule has 0 saturated heterocycles. The van der Waals surface area contributed by atoms with Crippen molar-refractivity contribution in [3.05, 3.63) is 107 Å². The number of phenols is 1. The molecule has 0 aliphatic carbocycles. The molecule has 0 radical (unpaired) electrons. The zero-order valence-corrected chi connectivity index (χ0v) is 15.9. The van der Waals surface area contributed by atoms with Crippen LogP contribution in [0.15, 0.2) is 84.9 Å². The molecule has 1 amide bonds. The molecule has 0 atom stereocenters. The molecule has 0 bridgehead atoms. The third-order valence-corrected chi connectivity index (χ3v) is 4.54. The minimum Gasteiger partial charge on any atom is -0.508 e. The second kappa shape index (κ2) is 9.37. The highest BCUT2D eigenvalue weighted by Crippen LogP contribution is 2.16. The molecule has 5 N–H and O–H groups in total. The molecular formula is C24H23N3O2. The van der Waals surface area contributed by atoms with Gasteiger partial charge in [-0.05, 0) is 35.8 Å². The van der Waals surface area contributed by atoms with Gasteiger partial charge in [0.15, 0.2) is 0 Å². The van der Waals surface area contributed by atoms with Gasteiger partial charge in [-0.2, -0.15) is 0 Å². The van der Waals surface area contributed by atoms with Gasteiger partial charge in [0.05, 0.1) is 5.71 Å². The first-order valence-corrected chi connectivity index (χ1v) is 9.32. The Balaban J connectivity index is 1.72. The van der Waals surface area contributed by atoms with Crippen molar-refractivity contribution >= 4 is 17.3 Å². The second-order valence-electron chi connectivity index (χ2n) is 6.56. The molecule has 3 aromatic rings. The van der Waals surface area contributed by atoms with Crippen LogP contribution in [0.1, 0.15) is 27.0 Å². The van der Waals surface area contributed by atoms with Gasteiger partial charge in [-0.3, -0.25) is 4.79 Å². The fraction of sp³-hybridized carbons (Fsp3) is 0.0833. The van der Waals surface area contributed by atoms with Gasteiger partial charge in [-0.25, -0.2) is 0 Å². The number of carbonyl (C=O) groups excluding carboxylic acids is 1. The zero-order valence-electron chi connectivity index (χ0n) is 15.9. The average Bonchev–Trinajstić information content (AvgIpc) is 2.75. The van der Waals surface area contributed by atoms with Crippen LogP contribution < -0.4 is 11.1 Å². The van der Waals surface area contributed by atoms with Gasteiger partial charge in [-0.15, -0.1) is 0 Å². The summed E-state index contributed by atoms with van der Waals surface area (Å²) in [5, 5.41) is 21.1. The van der Waals surface area contributed by atoms with E-state index in [0.717, 1.165) is 11.1 Å². The lowest BCUT2D eigenvalue weighted by atomic mass is 10.0. The summed E-state index contributed by atoms with van der Waals surface area (Å²) in [6.07, 6.45) is 2.07. The van der Waals surface area contributed by atoms with E-state index in [4.69, 9.17) is 11.1 Å². The first-order chi connectivity index (χ1) is 14.1. The summed E-state index contributed by atoms with van der Waals surface area (Å²) >= 11 is 0. The Labute approximate surface area is 170 Å². The van der Waals surface area contributed by atoms with Crippen molar-refractivity contribution in [3.8, 4) is 5.75 Å². The fourth-order valence-electron chi connectivity index (χ4n) is 2.99. The smallest absolute Gasteiger partial charge is 0.251 e. The van der Waals surface area contributed by atoms with Gasteiger partial charge in [0, 0.05) is 23.4 Å². The van der Waals surface area contributed by atoms with E-state index in [1.165, 1.54) is 0 Å². The van der Waals surface area contributed by atoms with Crippen LogP contribution in [-0.2, 0) is 6.42 Å². The van der Waals surface area contributed by atoms with Crippen LogP contribution in [0.25, 0.3) is 5.70 Å². The van der Waals surface area contributed by atoms with Crippen LogP contribution in [-0.4, -0.2) is 23.3 Å². The van der Waals surface area contributed by atoms with Crippen LogP contribution in [0.2, 0.25) is 0 Å². The standard InChI is InChI=1S/C24H23N3O2/c25-21(17-8-2-1-3-9-17)16-22(26)19-11-5-6-12-20(19)24(29)27-15-14-18-10-4-7-13-23(18)28/h1-13,16,26,28H,14-15,25H2,(H,27,29)/b21-16-,26-22?. The van der Waals surface area contributed by atoms with Crippen molar-refractivity contribution in [3.63, 3.8) is 0 Å². The summed E-state index contributed by atoms with van der Waals surface area (Å²) in [5.74, 6) is -0.0575. The molecule has 0 aliphatic rings. The average molecular weight is 385 g/mol. The molecule has 29 heavy (non-hydrogen) atoms. The zero-order chi connectivity index (χ0) is 20.6. The lowest BCUT2D eigenvalue weighted by molar-refractivity contribution is 0.0954. The van der Waals surface area contributed by atoms with Crippen LogP contribution in [0.4, 0.5) is 0 Å². The van der Waals surface area contributed by atoms with E-state index in [0.29, 0.717) is 29.8 Å². The Kier molecular flexibility index (Phi) is 6.43. The minimum atomic E-state index is -0.271. The number of amides is 1. The van der Waals surface area contributed by atoms with Crippen molar-refractivity contribution in [2.24, 2.45) is 5.73 Å². The van der Waals surface area contributed by atoms with Crippen LogP contribution in [0.5, 0.6) is 5.75 Å². The van der Waals surface area contributed by atoms with E-state index >= 15 is 0 Å². The molecule has 5 heteroatoms. The molecule has 0 unspecified atom stereocenters. The molecular weight excluding hydrogens is 362 g/mol. The van der Waals surface area contributed by atoms with E-state index in [2.05, 4.69) is 5.32 Å². The first kappa shape index (κ1) is 19.9. The van der Waals surface area contributed by atoms with Crippen molar-refractivity contribution in [1.82, 2.24) is 5.32 Å². The number of hydrogen-bond donors (Lipinski definition) is 4. The molecule has 3 aromatic carbocycles. The van der Waals surface area contributed by atoms with E-state index in [9.17, 15) is 9.90 Å². The molecule has 0 heterocycles. The van der Waals surface area contributed by atoms with Gasteiger partial charge < -0.3 is 21.6 Å². The highest BCUT2D eigenvalue weighted by Gasteiger charge is 2.13. The normalized spacial score (nSPS) is 11.1. The number of para-hydroxylation sites is 1. The maximum atomic E-state index is 12.7. The topological polar surface area (TPSA) is 99.2 Å². The predicted octanol–water partition coefficient (Wildman–Crippen LogP) is 3.73. The third kappa shape index (κ3) is 5.11. The number of allylic oxidation sites excluding steroid dienone is 1. The van der Waals surface area contributed by atoms with Crippen molar-refractivity contribution in [2.45, 2.75) is 6.42 Å². The van der Waals surface area contributed by atoms with Crippen LogP contribution in [0.3, 0.4) is 0 Å². The van der Waals surface area contributed by atoms with Crippen LogP contribution >= 0.6 is 0 Å². The molecule has 3 rings (SSSR count). The molecule has 146 valence electrons. The van der Waals surface area contributed by atoms with Crippen molar-refractivity contribution < 1.29 is 9.90 Å². The maximum Gasteiger partial charge on any atom is 0.251 e. The summed E-state index contributed by atoms with van der Waals surface area (Å²) in [6.45, 7) is 0.375. The SMILES string of the molecule is N=C(/C=C(\N)c1ccccc1)c1ccccc1C(=O)NCCc1ccccc1O. The van der Waals surface area contributed by atoms with Crippen molar-refractivity contribution in [1.29, 1.82) is 5.41 Å². The van der Waals surface area contributed by atoms with E-state index in [1.54, 1.807) is 42.5 Å². The number of nitrogens with one attached hydrogen (secondary N) is 2. The molecule has 0 aromatic heterocycles. The van der Waals surface area contributed by atoms with Gasteiger partial charge in [0.25, 0.3) is 5.91 Å². The second-order valence-corrected chi connectivity index (χ2v) is 6.56. The van der Waals surface area contributed by atoms with Gasteiger partial charge in [0.2, 0.25) is 0 Å². The van der Waals surface area contributed by atoms with Gasteiger partial charge in [0.1, 0.15) is 5.75 Å². The fourth-order valence-corrected chi connectivity index (χ4v) is 2.99. The van der Waals surface area contributed by atoms with Crippen molar-refractivity contribution in [2.75, 3.05) is 6.54 Å². The molecule has 5 nitrogen and oxygen atoms in total. The highest BCUT2D eigenvalue weighted by atomic mass is 16.3. The molecule has 0 aliphatic heterocycles. The molecule has 0 fully saturated rings. The number of benzene rings is 3. The molecule has 0 spiro atoms. The monoisotopic (exact) mass is 385 g/mol. The lowest BCUT2D eigenvalue weighted by Crippen LogP contribution is -2.27. The number of phenolic OH excluding ortho intramolecular Hbond substituents is 1. The Hall–Kier alpha value is -3.86.